The number of anilines is 4. The van der Waals surface area contributed by atoms with Gasteiger partial charge in [0.1, 0.15) is 11.6 Å². The van der Waals surface area contributed by atoms with Crippen LogP contribution < -0.4 is 30.5 Å². The number of nitrogens with zero attached hydrogens (tertiary/aromatic N) is 2. The number of ether oxygens (including phenoxy) is 1. The monoisotopic (exact) mass is 545 g/mol. The van der Waals surface area contributed by atoms with Gasteiger partial charge in [0.05, 0.1) is 24.0 Å². The van der Waals surface area contributed by atoms with Gasteiger partial charge in [-0.3, -0.25) is 4.79 Å². The minimum atomic E-state index is -0.582. The van der Waals surface area contributed by atoms with Crippen LogP contribution in [0.15, 0.2) is 66.7 Å². The smallest absolute Gasteiger partial charge is 0.323 e. The Hall–Kier alpha value is -4.27. The molecule has 3 amide bonds. The molecule has 3 N–H and O–H groups in total. The molecule has 1 saturated heterocycles. The van der Waals surface area contributed by atoms with Gasteiger partial charge in [-0.2, -0.15) is 0 Å². The summed E-state index contributed by atoms with van der Waals surface area (Å²) in [7, 11) is 1.68. The molecular weight excluding hydrogens is 509 g/mol. The van der Waals surface area contributed by atoms with Crippen LogP contribution in [0.2, 0.25) is 0 Å². The molecule has 1 aliphatic carbocycles. The molecule has 0 unspecified atom stereocenters. The molecule has 0 bridgehead atoms. The zero-order valence-electron chi connectivity index (χ0n) is 22.8. The quantitative estimate of drug-likeness (QED) is 0.346. The number of benzene rings is 3. The highest BCUT2D eigenvalue weighted by Gasteiger charge is 2.25. The molecule has 1 aliphatic heterocycles. The molecule has 2 aliphatic rings. The van der Waals surface area contributed by atoms with E-state index in [0.717, 1.165) is 69.0 Å². The van der Waals surface area contributed by atoms with Crippen molar-refractivity contribution in [3.63, 3.8) is 0 Å². The Morgan fingerprint density at radius 2 is 1.50 bits per heavy atom. The molecule has 210 valence electrons. The molecule has 3 aromatic carbocycles. The van der Waals surface area contributed by atoms with Crippen LogP contribution in [0.3, 0.4) is 0 Å². The lowest BCUT2D eigenvalue weighted by atomic mass is 9.95. The third kappa shape index (κ3) is 6.47. The Morgan fingerprint density at radius 3 is 2.23 bits per heavy atom. The first-order valence-electron chi connectivity index (χ1n) is 13.9. The third-order valence-electron chi connectivity index (χ3n) is 7.61. The number of carbonyl (C=O) groups is 2. The maximum Gasteiger partial charge on any atom is 0.323 e. The molecule has 1 heterocycles. The molecule has 40 heavy (non-hydrogen) atoms. The van der Waals surface area contributed by atoms with E-state index in [0.29, 0.717) is 11.3 Å². The lowest BCUT2D eigenvalue weighted by Crippen LogP contribution is -2.47. The zero-order chi connectivity index (χ0) is 27.9. The number of carbonyl (C=O) groups excluding carboxylic acids is 2. The van der Waals surface area contributed by atoms with Gasteiger partial charge in [-0.15, -0.1) is 0 Å². The number of halogens is 1. The highest BCUT2D eigenvalue weighted by molar-refractivity contribution is 6.04. The molecule has 1 saturated carbocycles. The van der Waals surface area contributed by atoms with E-state index < -0.39 is 11.8 Å². The Morgan fingerprint density at radius 1 is 0.825 bits per heavy atom. The summed E-state index contributed by atoms with van der Waals surface area (Å²) in [6.07, 6.45) is 5.37. The highest BCUT2D eigenvalue weighted by Crippen LogP contribution is 2.31. The van der Waals surface area contributed by atoms with Gasteiger partial charge >= 0.3 is 6.03 Å². The molecule has 3 aromatic rings. The van der Waals surface area contributed by atoms with Gasteiger partial charge < -0.3 is 30.5 Å². The van der Waals surface area contributed by atoms with Crippen LogP contribution in [-0.4, -0.2) is 51.3 Å². The van der Waals surface area contributed by atoms with E-state index in [1.165, 1.54) is 18.6 Å². The maximum absolute atomic E-state index is 14.0. The van der Waals surface area contributed by atoms with Crippen molar-refractivity contribution in [3.05, 3.63) is 78.1 Å². The summed E-state index contributed by atoms with van der Waals surface area (Å²) in [5.74, 6) is 0.174. The van der Waals surface area contributed by atoms with Crippen molar-refractivity contribution in [2.75, 3.05) is 53.7 Å². The Labute approximate surface area is 234 Å². The van der Waals surface area contributed by atoms with Gasteiger partial charge in [0, 0.05) is 43.6 Å². The minimum absolute atomic E-state index is 0.0832. The van der Waals surface area contributed by atoms with Crippen LogP contribution in [0.5, 0.6) is 5.75 Å². The fourth-order valence-electron chi connectivity index (χ4n) is 5.51. The van der Waals surface area contributed by atoms with Gasteiger partial charge in [0.15, 0.2) is 0 Å². The molecule has 0 atom stereocenters. The Bertz CT molecular complexity index is 1340. The van der Waals surface area contributed by atoms with Gasteiger partial charge in [-0.25, -0.2) is 9.18 Å². The number of hydrogen-bond acceptors (Lipinski definition) is 5. The summed E-state index contributed by atoms with van der Waals surface area (Å²) >= 11 is 0. The first-order valence-corrected chi connectivity index (χ1v) is 13.9. The molecule has 5 rings (SSSR count). The summed E-state index contributed by atoms with van der Waals surface area (Å²) in [5, 5.41) is 8.50. The third-order valence-corrected chi connectivity index (χ3v) is 7.61. The molecule has 8 nitrogen and oxygen atoms in total. The van der Waals surface area contributed by atoms with E-state index in [2.05, 4.69) is 31.8 Å². The zero-order valence-corrected chi connectivity index (χ0v) is 22.8. The van der Waals surface area contributed by atoms with Crippen molar-refractivity contribution in [1.82, 2.24) is 5.32 Å². The second kappa shape index (κ2) is 12.7. The number of methoxy groups -OCH3 is 1. The molecule has 0 spiro atoms. The lowest BCUT2D eigenvalue weighted by Gasteiger charge is -2.38. The van der Waals surface area contributed by atoms with Gasteiger partial charge in [-0.05, 0) is 55.3 Å². The van der Waals surface area contributed by atoms with Crippen molar-refractivity contribution < 1.29 is 18.7 Å². The number of rotatable bonds is 7. The van der Waals surface area contributed by atoms with Crippen LogP contribution in [0.4, 0.5) is 31.9 Å². The summed E-state index contributed by atoms with van der Waals surface area (Å²) in [4.78, 5) is 30.7. The molecule has 9 heteroatoms. The standard InChI is InChI=1S/C31H36FN5O3/c1-40-29-14-8-7-13-28(29)37-19-17-36(18-20-37)27-16-15-23(34-31(39)35-26-12-6-5-11-25(26)32)21-24(27)30(38)33-22-9-3-2-4-10-22/h5-8,11-16,21-22H,2-4,9-10,17-20H2,1H3,(H,33,38)(H2,34,35,39). The van der Waals surface area contributed by atoms with Crippen molar-refractivity contribution >= 4 is 34.7 Å². The van der Waals surface area contributed by atoms with E-state index in [-0.39, 0.29) is 17.6 Å². The first-order chi connectivity index (χ1) is 19.5. The number of urea groups is 1. The molecular formula is C31H36FN5O3. The first kappa shape index (κ1) is 27.3. The minimum Gasteiger partial charge on any atom is -0.495 e. The predicted molar refractivity (Wildman–Crippen MR) is 157 cm³/mol. The van der Waals surface area contributed by atoms with Crippen LogP contribution >= 0.6 is 0 Å². The van der Waals surface area contributed by atoms with Crippen LogP contribution in [0.25, 0.3) is 0 Å². The van der Waals surface area contributed by atoms with E-state index in [1.54, 1.807) is 31.4 Å². The van der Waals surface area contributed by atoms with Crippen LogP contribution in [0.1, 0.15) is 42.5 Å². The van der Waals surface area contributed by atoms with Crippen LogP contribution in [0, 0.1) is 5.82 Å². The van der Waals surface area contributed by atoms with Crippen molar-refractivity contribution in [3.8, 4) is 5.75 Å². The van der Waals surface area contributed by atoms with E-state index in [1.807, 2.05) is 24.3 Å². The summed E-state index contributed by atoms with van der Waals surface area (Å²) in [5.41, 5.74) is 2.94. The topological polar surface area (TPSA) is 85.9 Å². The van der Waals surface area contributed by atoms with Gasteiger partial charge in [-0.1, -0.05) is 43.5 Å². The average Bonchev–Trinajstić information content (AvgIpc) is 2.99. The molecule has 0 aromatic heterocycles. The van der Waals surface area contributed by atoms with Crippen LogP contribution in [-0.2, 0) is 0 Å². The maximum atomic E-state index is 14.0. The van der Waals surface area contributed by atoms with Crippen molar-refractivity contribution in [2.45, 2.75) is 38.1 Å². The Kier molecular flexibility index (Phi) is 8.68. The van der Waals surface area contributed by atoms with Gasteiger partial charge in [0.2, 0.25) is 0 Å². The van der Waals surface area contributed by atoms with Gasteiger partial charge in [0.25, 0.3) is 5.91 Å². The highest BCUT2D eigenvalue weighted by atomic mass is 19.1. The molecule has 2 fully saturated rings. The SMILES string of the molecule is COc1ccccc1N1CCN(c2ccc(NC(=O)Nc3ccccc3F)cc2C(=O)NC2CCCCC2)CC1. The normalized spacial score (nSPS) is 15.8. The fourth-order valence-corrected chi connectivity index (χ4v) is 5.51. The van der Waals surface area contributed by atoms with Crippen molar-refractivity contribution in [2.24, 2.45) is 0 Å². The number of nitrogens with one attached hydrogen (secondary N) is 3. The second-order valence-electron chi connectivity index (χ2n) is 10.2. The van der Waals surface area contributed by atoms with E-state index in [4.69, 9.17) is 4.74 Å². The predicted octanol–water partition coefficient (Wildman–Crippen LogP) is 5.87. The number of piperazine rings is 1. The molecule has 0 radical (unpaired) electrons. The number of amides is 3. The summed E-state index contributed by atoms with van der Waals surface area (Å²) in [6, 6.07) is 18.9. The lowest BCUT2D eigenvalue weighted by molar-refractivity contribution is 0.0928. The fraction of sp³-hybridized carbons (Fsp3) is 0.355. The Balaban J connectivity index is 1.34. The number of para-hydroxylation sites is 3. The summed E-state index contributed by atoms with van der Waals surface area (Å²) < 4.78 is 19.6. The van der Waals surface area contributed by atoms with E-state index >= 15 is 0 Å². The van der Waals surface area contributed by atoms with E-state index in [9.17, 15) is 14.0 Å². The number of hydrogen-bond donors (Lipinski definition) is 3. The average molecular weight is 546 g/mol. The second-order valence-corrected chi connectivity index (χ2v) is 10.2. The largest absolute Gasteiger partial charge is 0.495 e. The summed E-state index contributed by atoms with van der Waals surface area (Å²) in [6.45, 7) is 2.99. The van der Waals surface area contributed by atoms with Crippen molar-refractivity contribution in [1.29, 1.82) is 0 Å².